The normalized spacial score (nSPS) is 20.0. The van der Waals surface area contributed by atoms with Gasteiger partial charge in [0.25, 0.3) is 10.0 Å². The van der Waals surface area contributed by atoms with Gasteiger partial charge in [0.2, 0.25) is 0 Å². The third-order valence-electron chi connectivity index (χ3n) is 2.67. The summed E-state index contributed by atoms with van der Waals surface area (Å²) in [5.74, 6) is 0. The lowest BCUT2D eigenvalue weighted by molar-refractivity contribution is 0.170. The van der Waals surface area contributed by atoms with Crippen LogP contribution in [0.4, 0.5) is 4.79 Å². The molecular formula is C11H12BrNO4S. The summed E-state index contributed by atoms with van der Waals surface area (Å²) in [4.78, 5) is 11.6. The molecule has 1 fully saturated rings. The molecule has 98 valence electrons. The van der Waals surface area contributed by atoms with E-state index in [0.29, 0.717) is 5.33 Å². The average molecular weight is 334 g/mol. The van der Waals surface area contributed by atoms with Crippen LogP contribution in [0.25, 0.3) is 0 Å². The molecule has 0 spiro atoms. The van der Waals surface area contributed by atoms with E-state index in [1.807, 2.05) is 6.92 Å². The SMILES string of the molecule is Cc1ccc(S(=O)(=O)N2C(=O)OCC2CBr)cc1. The summed E-state index contributed by atoms with van der Waals surface area (Å²) in [6.45, 7) is 1.94. The number of halogens is 1. The van der Waals surface area contributed by atoms with Crippen molar-refractivity contribution in [2.24, 2.45) is 0 Å². The molecule has 1 aromatic rings. The van der Waals surface area contributed by atoms with Gasteiger partial charge in [0.15, 0.2) is 0 Å². The lowest BCUT2D eigenvalue weighted by atomic mass is 10.2. The van der Waals surface area contributed by atoms with Crippen molar-refractivity contribution in [1.29, 1.82) is 0 Å². The summed E-state index contributed by atoms with van der Waals surface area (Å²) in [7, 11) is -3.84. The number of ether oxygens (including phenoxy) is 1. The van der Waals surface area contributed by atoms with E-state index in [-0.39, 0.29) is 11.5 Å². The minimum absolute atomic E-state index is 0.0785. The molecule has 0 aromatic heterocycles. The highest BCUT2D eigenvalue weighted by molar-refractivity contribution is 9.09. The monoisotopic (exact) mass is 333 g/mol. The van der Waals surface area contributed by atoms with E-state index in [0.717, 1.165) is 9.87 Å². The minimum Gasteiger partial charge on any atom is -0.446 e. The number of alkyl halides is 1. The van der Waals surface area contributed by atoms with Crippen LogP contribution in [0, 0.1) is 6.92 Å². The van der Waals surface area contributed by atoms with Crippen molar-refractivity contribution in [1.82, 2.24) is 4.31 Å². The number of aryl methyl sites for hydroxylation is 1. The molecule has 5 nitrogen and oxygen atoms in total. The number of amides is 1. The van der Waals surface area contributed by atoms with Gasteiger partial charge in [0.05, 0.1) is 10.9 Å². The van der Waals surface area contributed by atoms with Crippen LogP contribution in [0.2, 0.25) is 0 Å². The van der Waals surface area contributed by atoms with Crippen LogP contribution in [0.3, 0.4) is 0 Å². The quantitative estimate of drug-likeness (QED) is 0.792. The van der Waals surface area contributed by atoms with E-state index in [4.69, 9.17) is 4.74 Å². The van der Waals surface area contributed by atoms with Crippen LogP contribution in [0.5, 0.6) is 0 Å². The Labute approximate surface area is 114 Å². The molecule has 1 amide bonds. The number of sulfonamides is 1. The molecule has 2 rings (SSSR count). The molecule has 1 heterocycles. The molecule has 0 saturated carbocycles. The van der Waals surface area contributed by atoms with Crippen LogP contribution in [0.15, 0.2) is 29.2 Å². The minimum atomic E-state index is -3.84. The first-order chi connectivity index (χ1) is 8.46. The van der Waals surface area contributed by atoms with Gasteiger partial charge in [-0.3, -0.25) is 0 Å². The first-order valence-corrected chi connectivity index (χ1v) is 7.87. The van der Waals surface area contributed by atoms with Gasteiger partial charge in [0.1, 0.15) is 6.61 Å². The fourth-order valence-corrected chi connectivity index (χ4v) is 3.83. The molecule has 1 aliphatic heterocycles. The number of carbonyl (C=O) groups is 1. The van der Waals surface area contributed by atoms with E-state index in [2.05, 4.69) is 15.9 Å². The zero-order chi connectivity index (χ0) is 13.3. The van der Waals surface area contributed by atoms with Crippen LogP contribution in [-0.4, -0.2) is 36.8 Å². The van der Waals surface area contributed by atoms with Gasteiger partial charge >= 0.3 is 6.09 Å². The molecule has 0 aliphatic carbocycles. The topological polar surface area (TPSA) is 63.7 Å². The van der Waals surface area contributed by atoms with E-state index < -0.39 is 22.2 Å². The fourth-order valence-electron chi connectivity index (χ4n) is 1.67. The van der Waals surface area contributed by atoms with Crippen molar-refractivity contribution in [2.75, 3.05) is 11.9 Å². The first-order valence-electron chi connectivity index (χ1n) is 5.30. The van der Waals surface area contributed by atoms with E-state index in [9.17, 15) is 13.2 Å². The second-order valence-electron chi connectivity index (χ2n) is 4.00. The zero-order valence-electron chi connectivity index (χ0n) is 9.67. The van der Waals surface area contributed by atoms with Gasteiger partial charge in [-0.1, -0.05) is 33.6 Å². The van der Waals surface area contributed by atoms with Gasteiger partial charge in [-0.2, -0.15) is 4.31 Å². The second kappa shape index (κ2) is 4.89. The van der Waals surface area contributed by atoms with Gasteiger partial charge < -0.3 is 4.74 Å². The summed E-state index contributed by atoms with van der Waals surface area (Å²) in [5.41, 5.74) is 0.954. The van der Waals surface area contributed by atoms with Crippen LogP contribution < -0.4 is 0 Å². The van der Waals surface area contributed by atoms with Gasteiger partial charge in [-0.15, -0.1) is 0 Å². The third kappa shape index (κ3) is 2.24. The van der Waals surface area contributed by atoms with Gasteiger partial charge in [0, 0.05) is 5.33 Å². The standard InChI is InChI=1S/C11H12BrNO4S/c1-8-2-4-10(5-3-8)18(15,16)13-9(6-12)7-17-11(13)14/h2-5,9H,6-7H2,1H3. The summed E-state index contributed by atoms with van der Waals surface area (Å²) >= 11 is 3.18. The smallest absolute Gasteiger partial charge is 0.424 e. The van der Waals surface area contributed by atoms with Crippen molar-refractivity contribution >= 4 is 32.0 Å². The molecule has 1 saturated heterocycles. The van der Waals surface area contributed by atoms with Crippen LogP contribution >= 0.6 is 15.9 Å². The summed E-state index contributed by atoms with van der Waals surface area (Å²) in [6.07, 6.45) is -0.819. The number of nitrogens with zero attached hydrogens (tertiary/aromatic N) is 1. The predicted octanol–water partition coefficient (Wildman–Crippen LogP) is 1.90. The molecule has 1 aromatic carbocycles. The molecular weight excluding hydrogens is 322 g/mol. The number of hydrogen-bond donors (Lipinski definition) is 0. The van der Waals surface area contributed by atoms with Crippen molar-refractivity contribution in [3.8, 4) is 0 Å². The summed E-state index contributed by atoms with van der Waals surface area (Å²) in [6, 6.07) is 5.86. The van der Waals surface area contributed by atoms with E-state index in [1.165, 1.54) is 12.1 Å². The highest BCUT2D eigenvalue weighted by atomic mass is 79.9. The molecule has 0 radical (unpaired) electrons. The molecule has 1 aliphatic rings. The molecule has 1 unspecified atom stereocenters. The largest absolute Gasteiger partial charge is 0.446 e. The Morgan fingerprint density at radius 2 is 2.00 bits per heavy atom. The maximum atomic E-state index is 12.3. The number of benzene rings is 1. The lowest BCUT2D eigenvalue weighted by Gasteiger charge is -2.19. The van der Waals surface area contributed by atoms with Crippen molar-refractivity contribution in [3.63, 3.8) is 0 Å². The van der Waals surface area contributed by atoms with Crippen LogP contribution in [0.1, 0.15) is 5.56 Å². The number of hydrogen-bond acceptors (Lipinski definition) is 4. The van der Waals surface area contributed by atoms with Crippen molar-refractivity contribution in [3.05, 3.63) is 29.8 Å². The summed E-state index contributed by atoms with van der Waals surface area (Å²) < 4.78 is 30.2. The Kier molecular flexibility index (Phi) is 3.63. The Morgan fingerprint density at radius 1 is 1.39 bits per heavy atom. The molecule has 0 bridgehead atoms. The average Bonchev–Trinajstić information content (AvgIpc) is 2.71. The van der Waals surface area contributed by atoms with Gasteiger partial charge in [-0.05, 0) is 19.1 Å². The molecule has 7 heteroatoms. The van der Waals surface area contributed by atoms with Crippen LogP contribution in [-0.2, 0) is 14.8 Å². The predicted molar refractivity (Wildman–Crippen MR) is 69.1 cm³/mol. The number of rotatable bonds is 3. The van der Waals surface area contributed by atoms with Crippen molar-refractivity contribution < 1.29 is 17.9 Å². The third-order valence-corrected chi connectivity index (χ3v) is 5.25. The summed E-state index contributed by atoms with van der Waals surface area (Å²) in [5, 5.41) is 0.351. The highest BCUT2D eigenvalue weighted by Gasteiger charge is 2.41. The number of cyclic esters (lactones) is 1. The van der Waals surface area contributed by atoms with Crippen molar-refractivity contribution in [2.45, 2.75) is 17.9 Å². The Bertz CT molecular complexity index is 555. The Hall–Kier alpha value is -1.08. The zero-order valence-corrected chi connectivity index (χ0v) is 12.1. The molecule has 18 heavy (non-hydrogen) atoms. The molecule has 1 atom stereocenters. The van der Waals surface area contributed by atoms with E-state index >= 15 is 0 Å². The first kappa shape index (κ1) is 13.4. The number of carbonyl (C=O) groups excluding carboxylic acids is 1. The highest BCUT2D eigenvalue weighted by Crippen LogP contribution is 2.24. The maximum absolute atomic E-state index is 12.3. The molecule has 0 N–H and O–H groups in total. The van der Waals surface area contributed by atoms with E-state index in [1.54, 1.807) is 12.1 Å². The Morgan fingerprint density at radius 3 is 2.56 bits per heavy atom. The van der Waals surface area contributed by atoms with Gasteiger partial charge in [-0.25, -0.2) is 13.2 Å². The lowest BCUT2D eigenvalue weighted by Crippen LogP contribution is -2.39. The maximum Gasteiger partial charge on any atom is 0.424 e. The Balaban J connectivity index is 2.41. The fraction of sp³-hybridized carbons (Fsp3) is 0.364. The second-order valence-corrected chi connectivity index (χ2v) is 6.46.